The summed E-state index contributed by atoms with van der Waals surface area (Å²) in [5.41, 5.74) is -0.262. The van der Waals surface area contributed by atoms with Crippen LogP contribution in [0.3, 0.4) is 0 Å². The third-order valence-corrected chi connectivity index (χ3v) is 2.42. The van der Waals surface area contributed by atoms with E-state index in [1.807, 2.05) is 6.92 Å². The fourth-order valence-corrected chi connectivity index (χ4v) is 1.75. The van der Waals surface area contributed by atoms with E-state index in [-0.39, 0.29) is 17.6 Å². The van der Waals surface area contributed by atoms with Crippen LogP contribution in [0.2, 0.25) is 0 Å². The zero-order chi connectivity index (χ0) is 9.97. The highest BCUT2D eigenvalue weighted by atomic mass is 16.5. The largest absolute Gasteiger partial charge is 0.379 e. The van der Waals surface area contributed by atoms with E-state index >= 15 is 0 Å². The highest BCUT2D eigenvalue weighted by Gasteiger charge is 2.31. The van der Waals surface area contributed by atoms with Crippen LogP contribution in [0.4, 0.5) is 0 Å². The topological polar surface area (TPSA) is 82.8 Å². The molecule has 0 aliphatic carbocycles. The normalized spacial score (nSPS) is 26.9. The zero-order valence-electron chi connectivity index (χ0n) is 8.04. The van der Waals surface area contributed by atoms with Gasteiger partial charge in [0.2, 0.25) is 0 Å². The molecule has 2 rings (SSSR count). The van der Waals surface area contributed by atoms with Gasteiger partial charge in [-0.15, -0.1) is 0 Å². The number of rotatable bonds is 3. The zero-order valence-corrected chi connectivity index (χ0v) is 8.04. The van der Waals surface area contributed by atoms with E-state index in [4.69, 9.17) is 4.74 Å². The van der Waals surface area contributed by atoms with E-state index in [1.54, 1.807) is 0 Å². The molecule has 14 heavy (non-hydrogen) atoms. The Morgan fingerprint density at radius 2 is 2.50 bits per heavy atom. The van der Waals surface area contributed by atoms with Crippen LogP contribution >= 0.6 is 0 Å². The summed E-state index contributed by atoms with van der Waals surface area (Å²) in [6.45, 7) is 4.22. The summed E-state index contributed by atoms with van der Waals surface area (Å²) in [5.74, 6) is 0.826. The van der Waals surface area contributed by atoms with Crippen molar-refractivity contribution in [1.29, 1.82) is 0 Å². The van der Waals surface area contributed by atoms with Crippen LogP contribution in [0.25, 0.3) is 0 Å². The Bertz CT molecular complexity index is 345. The smallest absolute Gasteiger partial charge is 0.340 e. The number of hydrogen-bond donors (Lipinski definition) is 3. The van der Waals surface area contributed by atoms with Crippen LogP contribution in [0.5, 0.6) is 0 Å². The lowest BCUT2D eigenvalue weighted by Crippen LogP contribution is -2.34. The van der Waals surface area contributed by atoms with Crippen LogP contribution < -0.4 is 11.0 Å². The minimum Gasteiger partial charge on any atom is -0.379 e. The number of aromatic amines is 2. The maximum atomic E-state index is 10.9. The van der Waals surface area contributed by atoms with Crippen molar-refractivity contribution in [3.05, 3.63) is 16.3 Å². The second kappa shape index (κ2) is 3.93. The fraction of sp³-hybridized carbons (Fsp3) is 0.750. The van der Waals surface area contributed by atoms with Crippen LogP contribution in [0, 0.1) is 0 Å². The van der Waals surface area contributed by atoms with Gasteiger partial charge in [-0.1, -0.05) is 6.92 Å². The van der Waals surface area contributed by atoms with Crippen molar-refractivity contribution < 1.29 is 4.74 Å². The lowest BCUT2D eigenvalue weighted by Gasteiger charge is -2.15. The Labute approximate surface area is 81.1 Å². The van der Waals surface area contributed by atoms with Crippen LogP contribution in [0.1, 0.15) is 18.7 Å². The molecule has 0 radical (unpaired) electrons. The molecule has 6 nitrogen and oxygen atoms in total. The second-order valence-electron chi connectivity index (χ2n) is 3.37. The van der Waals surface area contributed by atoms with E-state index in [0.717, 1.165) is 6.54 Å². The highest BCUT2D eigenvalue weighted by Crippen LogP contribution is 2.21. The third kappa shape index (κ3) is 1.71. The molecule has 0 amide bonds. The van der Waals surface area contributed by atoms with Gasteiger partial charge in [-0.2, -0.15) is 5.10 Å². The number of nitrogens with zero attached hydrogens (tertiary/aromatic N) is 1. The number of nitrogens with one attached hydrogen (secondary N) is 3. The monoisotopic (exact) mass is 198 g/mol. The molecule has 0 spiro atoms. The van der Waals surface area contributed by atoms with Crippen molar-refractivity contribution in [2.24, 2.45) is 0 Å². The molecule has 78 valence electrons. The fourth-order valence-electron chi connectivity index (χ4n) is 1.75. The van der Waals surface area contributed by atoms with Crippen molar-refractivity contribution in [2.45, 2.75) is 18.9 Å². The lowest BCUT2D eigenvalue weighted by molar-refractivity contribution is 0.187. The Morgan fingerprint density at radius 1 is 1.64 bits per heavy atom. The van der Waals surface area contributed by atoms with Crippen molar-refractivity contribution in [1.82, 2.24) is 20.5 Å². The molecular formula is C8H14N4O2. The lowest BCUT2D eigenvalue weighted by atomic mass is 10.0. The Hall–Kier alpha value is -1.14. The quantitative estimate of drug-likeness (QED) is 0.593. The van der Waals surface area contributed by atoms with E-state index in [9.17, 15) is 4.79 Å². The SMILES string of the molecule is CCNC1COCC1c1n[nH]c(=O)[nH]1. The van der Waals surface area contributed by atoms with E-state index < -0.39 is 0 Å². The molecule has 1 aromatic rings. The first-order valence-electron chi connectivity index (χ1n) is 4.77. The summed E-state index contributed by atoms with van der Waals surface area (Å²) in [4.78, 5) is 13.5. The van der Waals surface area contributed by atoms with Gasteiger partial charge < -0.3 is 10.1 Å². The first-order valence-corrected chi connectivity index (χ1v) is 4.77. The summed E-state index contributed by atoms with van der Waals surface area (Å²) >= 11 is 0. The van der Waals surface area contributed by atoms with Gasteiger partial charge in [0.25, 0.3) is 0 Å². The van der Waals surface area contributed by atoms with Crippen molar-refractivity contribution in [2.75, 3.05) is 19.8 Å². The van der Waals surface area contributed by atoms with Crippen LogP contribution in [-0.4, -0.2) is 41.0 Å². The minimum atomic E-state index is -0.262. The number of likely N-dealkylation sites (N-methyl/N-ethyl adjacent to an activating group) is 1. The molecule has 2 atom stereocenters. The Balaban J connectivity index is 2.13. The predicted molar refractivity (Wildman–Crippen MR) is 50.2 cm³/mol. The van der Waals surface area contributed by atoms with Gasteiger partial charge in [-0.3, -0.25) is 4.98 Å². The average molecular weight is 198 g/mol. The summed E-state index contributed by atoms with van der Waals surface area (Å²) < 4.78 is 5.35. The van der Waals surface area contributed by atoms with Crippen LogP contribution in [0.15, 0.2) is 4.79 Å². The molecular weight excluding hydrogens is 184 g/mol. The minimum absolute atomic E-state index is 0.147. The average Bonchev–Trinajstić information content (AvgIpc) is 2.74. The molecule has 1 aliphatic rings. The molecule has 0 bridgehead atoms. The van der Waals surface area contributed by atoms with Crippen LogP contribution in [-0.2, 0) is 4.74 Å². The molecule has 0 saturated carbocycles. The molecule has 1 fully saturated rings. The van der Waals surface area contributed by atoms with E-state index in [1.165, 1.54) is 0 Å². The maximum Gasteiger partial charge on any atom is 0.340 e. The van der Waals surface area contributed by atoms with Gasteiger partial charge in [-0.25, -0.2) is 9.89 Å². The van der Waals surface area contributed by atoms with Crippen molar-refractivity contribution >= 4 is 0 Å². The molecule has 2 heterocycles. The summed E-state index contributed by atoms with van der Waals surface area (Å²) in [6, 6.07) is 0.249. The van der Waals surface area contributed by atoms with E-state index in [2.05, 4.69) is 20.5 Å². The van der Waals surface area contributed by atoms with E-state index in [0.29, 0.717) is 19.0 Å². The number of H-pyrrole nitrogens is 2. The molecule has 6 heteroatoms. The van der Waals surface area contributed by atoms with Gasteiger partial charge in [-0.05, 0) is 6.54 Å². The number of ether oxygens (including phenoxy) is 1. The summed E-state index contributed by atoms with van der Waals surface area (Å²) in [6.07, 6.45) is 0. The number of hydrogen-bond acceptors (Lipinski definition) is 4. The number of aromatic nitrogens is 3. The molecule has 1 saturated heterocycles. The standard InChI is InChI=1S/C8H14N4O2/c1-2-9-6-4-14-3-5(6)7-10-8(13)12-11-7/h5-6,9H,2-4H2,1H3,(H2,10,11,12,13). The van der Waals surface area contributed by atoms with Crippen molar-refractivity contribution in [3.63, 3.8) is 0 Å². The van der Waals surface area contributed by atoms with Gasteiger partial charge in [0.15, 0.2) is 0 Å². The molecule has 1 aromatic heterocycles. The summed E-state index contributed by atoms with van der Waals surface area (Å²) in [5, 5.41) is 9.58. The highest BCUT2D eigenvalue weighted by molar-refractivity contribution is 5.02. The molecule has 3 N–H and O–H groups in total. The second-order valence-corrected chi connectivity index (χ2v) is 3.37. The van der Waals surface area contributed by atoms with Gasteiger partial charge in [0.1, 0.15) is 5.82 Å². The third-order valence-electron chi connectivity index (χ3n) is 2.42. The molecule has 1 aliphatic heterocycles. The Kier molecular flexibility index (Phi) is 2.64. The van der Waals surface area contributed by atoms with Gasteiger partial charge in [0.05, 0.1) is 19.1 Å². The Morgan fingerprint density at radius 3 is 3.14 bits per heavy atom. The summed E-state index contributed by atoms with van der Waals surface area (Å²) in [7, 11) is 0. The predicted octanol–water partition coefficient (Wildman–Crippen LogP) is -0.810. The molecule has 2 unspecified atom stereocenters. The first-order chi connectivity index (χ1) is 6.81. The van der Waals surface area contributed by atoms with Gasteiger partial charge in [0, 0.05) is 6.04 Å². The van der Waals surface area contributed by atoms with Gasteiger partial charge >= 0.3 is 5.69 Å². The first kappa shape index (κ1) is 9.42. The molecule has 0 aromatic carbocycles. The maximum absolute atomic E-state index is 10.9. The van der Waals surface area contributed by atoms with Crippen molar-refractivity contribution in [3.8, 4) is 0 Å².